The molecule has 24 heavy (non-hydrogen) atoms. The van der Waals surface area contributed by atoms with E-state index in [-0.39, 0.29) is 0 Å². The minimum atomic E-state index is 0.437. The average molecular weight is 341 g/mol. The van der Waals surface area contributed by atoms with E-state index < -0.39 is 0 Å². The first-order chi connectivity index (χ1) is 11.9. The minimum Gasteiger partial charge on any atom is -0.440 e. The number of hydrogen-bond acceptors (Lipinski definition) is 6. The zero-order valence-corrected chi connectivity index (χ0v) is 14.2. The monoisotopic (exact) mass is 341 g/mol. The van der Waals surface area contributed by atoms with Gasteiger partial charge in [0.1, 0.15) is 0 Å². The quantitative estimate of drug-likeness (QED) is 0.604. The molecule has 0 bridgehead atoms. The molecule has 1 aromatic carbocycles. The van der Waals surface area contributed by atoms with Gasteiger partial charge in [-0.15, -0.1) is 10.2 Å². The van der Waals surface area contributed by atoms with Gasteiger partial charge in [-0.2, -0.15) is 0 Å². The van der Waals surface area contributed by atoms with Crippen molar-refractivity contribution < 1.29 is 8.83 Å². The molecule has 0 radical (unpaired) electrons. The van der Waals surface area contributed by atoms with Crippen molar-refractivity contribution in [2.45, 2.75) is 49.0 Å². The van der Waals surface area contributed by atoms with Gasteiger partial charge in [0.2, 0.25) is 11.8 Å². The number of thioether (sulfide) groups is 1. The third kappa shape index (κ3) is 3.53. The lowest BCUT2D eigenvalue weighted by Gasteiger charge is -2.17. The van der Waals surface area contributed by atoms with Crippen LogP contribution in [0.4, 0.5) is 0 Å². The molecule has 6 heteroatoms. The fraction of sp³-hybridized carbons (Fsp3) is 0.389. The summed E-state index contributed by atoms with van der Waals surface area (Å²) in [4.78, 5) is 4.33. The maximum atomic E-state index is 5.81. The lowest BCUT2D eigenvalue weighted by atomic mass is 9.89. The molecular weight excluding hydrogens is 322 g/mol. The van der Waals surface area contributed by atoms with Gasteiger partial charge in [-0.25, -0.2) is 4.98 Å². The van der Waals surface area contributed by atoms with E-state index in [0.29, 0.717) is 22.8 Å². The largest absolute Gasteiger partial charge is 0.440 e. The van der Waals surface area contributed by atoms with Crippen molar-refractivity contribution in [3.63, 3.8) is 0 Å². The van der Waals surface area contributed by atoms with E-state index in [2.05, 4.69) is 15.2 Å². The Bertz CT molecular complexity index is 778. The molecule has 0 saturated heterocycles. The minimum absolute atomic E-state index is 0.437. The summed E-state index contributed by atoms with van der Waals surface area (Å²) >= 11 is 1.47. The SMILES string of the molecule is c1ccc(-c2cnc(CSc3nnc(C4CCCCC4)o3)o2)cc1. The first kappa shape index (κ1) is 15.4. The number of nitrogens with zero attached hydrogens (tertiary/aromatic N) is 3. The summed E-state index contributed by atoms with van der Waals surface area (Å²) in [5.41, 5.74) is 1.03. The van der Waals surface area contributed by atoms with E-state index in [4.69, 9.17) is 8.83 Å². The van der Waals surface area contributed by atoms with E-state index in [9.17, 15) is 0 Å². The van der Waals surface area contributed by atoms with E-state index in [1.807, 2.05) is 30.3 Å². The Morgan fingerprint density at radius 1 is 1.00 bits per heavy atom. The zero-order chi connectivity index (χ0) is 16.2. The molecule has 1 saturated carbocycles. The molecule has 2 heterocycles. The molecule has 1 aliphatic carbocycles. The van der Waals surface area contributed by atoms with Crippen molar-refractivity contribution in [1.82, 2.24) is 15.2 Å². The van der Waals surface area contributed by atoms with Crippen LogP contribution < -0.4 is 0 Å². The number of aromatic nitrogens is 3. The van der Waals surface area contributed by atoms with E-state index in [0.717, 1.165) is 30.1 Å². The van der Waals surface area contributed by atoms with Gasteiger partial charge in [0.05, 0.1) is 11.9 Å². The van der Waals surface area contributed by atoms with Crippen molar-refractivity contribution in [2.24, 2.45) is 0 Å². The van der Waals surface area contributed by atoms with Crippen LogP contribution in [0, 0.1) is 0 Å². The normalized spacial score (nSPS) is 15.7. The summed E-state index contributed by atoms with van der Waals surface area (Å²) in [7, 11) is 0. The first-order valence-corrected chi connectivity index (χ1v) is 9.33. The Morgan fingerprint density at radius 2 is 1.83 bits per heavy atom. The Kier molecular flexibility index (Phi) is 4.64. The number of rotatable bonds is 5. The van der Waals surface area contributed by atoms with Crippen molar-refractivity contribution in [3.05, 3.63) is 48.3 Å². The van der Waals surface area contributed by atoms with Crippen LogP contribution in [-0.2, 0) is 5.75 Å². The third-order valence-electron chi connectivity index (χ3n) is 4.31. The number of oxazole rings is 1. The molecular formula is C18H19N3O2S. The highest BCUT2D eigenvalue weighted by atomic mass is 32.2. The summed E-state index contributed by atoms with van der Waals surface area (Å²) in [5, 5.41) is 8.96. The summed E-state index contributed by atoms with van der Waals surface area (Å²) in [6.45, 7) is 0. The molecule has 1 aliphatic rings. The molecule has 4 rings (SSSR count). The predicted octanol–water partition coefficient (Wildman–Crippen LogP) is 5.06. The second-order valence-electron chi connectivity index (χ2n) is 6.01. The van der Waals surface area contributed by atoms with Gasteiger partial charge in [0.15, 0.2) is 5.76 Å². The lowest BCUT2D eigenvalue weighted by Crippen LogP contribution is -2.04. The first-order valence-electron chi connectivity index (χ1n) is 8.35. The maximum absolute atomic E-state index is 5.81. The standard InChI is InChI=1S/C18H19N3O2S/c1-3-7-13(8-4-1)15-11-19-16(22-15)12-24-18-21-20-17(23-18)14-9-5-2-6-10-14/h1,3-4,7-8,11,14H,2,5-6,9-10,12H2. The van der Waals surface area contributed by atoms with Gasteiger partial charge in [0, 0.05) is 11.5 Å². The summed E-state index contributed by atoms with van der Waals surface area (Å²) in [6.07, 6.45) is 7.91. The van der Waals surface area contributed by atoms with E-state index in [1.54, 1.807) is 6.20 Å². The lowest BCUT2D eigenvalue weighted by molar-refractivity contribution is 0.334. The molecule has 0 spiro atoms. The van der Waals surface area contributed by atoms with Crippen LogP contribution in [0.1, 0.15) is 49.8 Å². The van der Waals surface area contributed by atoms with Crippen LogP contribution in [0.2, 0.25) is 0 Å². The molecule has 124 valence electrons. The molecule has 0 aliphatic heterocycles. The maximum Gasteiger partial charge on any atom is 0.277 e. The van der Waals surface area contributed by atoms with Crippen LogP contribution >= 0.6 is 11.8 Å². The van der Waals surface area contributed by atoms with Gasteiger partial charge >= 0.3 is 0 Å². The zero-order valence-electron chi connectivity index (χ0n) is 13.4. The third-order valence-corrected chi connectivity index (χ3v) is 5.11. The highest BCUT2D eigenvalue weighted by Gasteiger charge is 2.21. The molecule has 2 aromatic heterocycles. The van der Waals surface area contributed by atoms with Gasteiger partial charge in [0.25, 0.3) is 5.22 Å². The van der Waals surface area contributed by atoms with E-state index >= 15 is 0 Å². The second-order valence-corrected chi connectivity index (χ2v) is 6.94. The molecule has 0 amide bonds. The average Bonchev–Trinajstić information content (AvgIpc) is 3.31. The molecule has 1 fully saturated rings. The van der Waals surface area contributed by atoms with Crippen LogP contribution in [0.15, 0.2) is 50.6 Å². The van der Waals surface area contributed by atoms with Crippen molar-refractivity contribution in [2.75, 3.05) is 0 Å². The fourth-order valence-corrected chi connectivity index (χ4v) is 3.65. The van der Waals surface area contributed by atoms with Crippen LogP contribution in [0.25, 0.3) is 11.3 Å². The molecule has 3 aromatic rings. The van der Waals surface area contributed by atoms with Crippen LogP contribution in [0.5, 0.6) is 0 Å². The fourth-order valence-electron chi connectivity index (χ4n) is 3.03. The summed E-state index contributed by atoms with van der Waals surface area (Å²) in [6, 6.07) is 9.96. The summed E-state index contributed by atoms with van der Waals surface area (Å²) < 4.78 is 11.6. The molecule has 0 unspecified atom stereocenters. The van der Waals surface area contributed by atoms with Crippen LogP contribution in [-0.4, -0.2) is 15.2 Å². The topological polar surface area (TPSA) is 65.0 Å². The van der Waals surface area contributed by atoms with Crippen molar-refractivity contribution in [3.8, 4) is 11.3 Å². The second kappa shape index (κ2) is 7.21. The molecule has 5 nitrogen and oxygen atoms in total. The van der Waals surface area contributed by atoms with Gasteiger partial charge in [-0.05, 0) is 12.8 Å². The van der Waals surface area contributed by atoms with Crippen molar-refractivity contribution in [1.29, 1.82) is 0 Å². The van der Waals surface area contributed by atoms with Gasteiger partial charge in [-0.3, -0.25) is 0 Å². The Morgan fingerprint density at radius 3 is 2.67 bits per heavy atom. The smallest absolute Gasteiger partial charge is 0.277 e. The number of benzene rings is 1. The predicted molar refractivity (Wildman–Crippen MR) is 91.6 cm³/mol. The number of hydrogen-bond donors (Lipinski definition) is 0. The van der Waals surface area contributed by atoms with Crippen molar-refractivity contribution >= 4 is 11.8 Å². The molecule has 0 atom stereocenters. The van der Waals surface area contributed by atoms with Crippen LogP contribution in [0.3, 0.4) is 0 Å². The van der Waals surface area contributed by atoms with Gasteiger partial charge < -0.3 is 8.83 Å². The Balaban J connectivity index is 1.37. The Labute approximate surface area is 144 Å². The highest BCUT2D eigenvalue weighted by Crippen LogP contribution is 2.33. The summed E-state index contributed by atoms with van der Waals surface area (Å²) in [5.74, 6) is 3.25. The van der Waals surface area contributed by atoms with E-state index in [1.165, 1.54) is 31.0 Å². The Hall–Kier alpha value is -2.08. The van der Waals surface area contributed by atoms with Gasteiger partial charge in [-0.1, -0.05) is 61.4 Å². The highest BCUT2D eigenvalue weighted by molar-refractivity contribution is 7.98. The molecule has 0 N–H and O–H groups in total.